The Hall–Kier alpha value is -2.16. The number of rotatable bonds is 5. The summed E-state index contributed by atoms with van der Waals surface area (Å²) < 4.78 is 0. The normalized spacial score (nSPS) is 10.4. The van der Waals surface area contributed by atoms with Crippen LogP contribution in [0, 0.1) is 0 Å². The quantitative estimate of drug-likeness (QED) is 0.563. The summed E-state index contributed by atoms with van der Waals surface area (Å²) in [5.41, 5.74) is 16.6. The first-order valence-electron chi connectivity index (χ1n) is 6.70. The van der Waals surface area contributed by atoms with Crippen molar-refractivity contribution < 1.29 is 0 Å². The number of anilines is 3. The summed E-state index contributed by atoms with van der Waals surface area (Å²) in [7, 11) is 0. The van der Waals surface area contributed by atoms with Gasteiger partial charge in [-0.1, -0.05) is 31.5 Å². The molecule has 2 rings (SSSR count). The largest absolute Gasteiger partial charge is 0.399 e. The summed E-state index contributed by atoms with van der Waals surface area (Å²) in [6, 6.07) is 13.9. The second-order valence-electron chi connectivity index (χ2n) is 4.70. The van der Waals surface area contributed by atoms with E-state index in [-0.39, 0.29) is 0 Å². The molecule has 0 bridgehead atoms. The minimum atomic E-state index is 0.773. The molecule has 0 aromatic heterocycles. The molecule has 2 aromatic rings. The highest BCUT2D eigenvalue weighted by molar-refractivity contribution is 5.76. The molecule has 0 atom stereocenters. The van der Waals surface area contributed by atoms with Gasteiger partial charge in [0.05, 0.1) is 11.4 Å². The first kappa shape index (κ1) is 13.3. The summed E-state index contributed by atoms with van der Waals surface area (Å²) >= 11 is 0. The van der Waals surface area contributed by atoms with Gasteiger partial charge in [-0.2, -0.15) is 0 Å². The molecule has 100 valence electrons. The Morgan fingerprint density at radius 1 is 0.947 bits per heavy atom. The molecule has 0 heterocycles. The standard InChI is InChI=1S/C16H21N3/c1-2-3-10-19-16-9-6-13(11-15(16)18)12-4-7-14(17)8-5-12/h4-9,11,19H,2-3,10,17-18H2,1H3. The Morgan fingerprint density at radius 2 is 1.63 bits per heavy atom. The second-order valence-corrected chi connectivity index (χ2v) is 4.70. The maximum Gasteiger partial charge on any atom is 0.0574 e. The number of benzene rings is 2. The first-order chi connectivity index (χ1) is 9.20. The molecular formula is C16H21N3. The van der Waals surface area contributed by atoms with Crippen LogP contribution in [0.4, 0.5) is 17.1 Å². The minimum absolute atomic E-state index is 0.773. The van der Waals surface area contributed by atoms with Gasteiger partial charge in [-0.3, -0.25) is 0 Å². The lowest BCUT2D eigenvalue weighted by Crippen LogP contribution is -2.03. The van der Waals surface area contributed by atoms with E-state index in [1.54, 1.807) is 0 Å². The molecule has 3 heteroatoms. The lowest BCUT2D eigenvalue weighted by Gasteiger charge is -2.11. The molecule has 3 nitrogen and oxygen atoms in total. The van der Waals surface area contributed by atoms with E-state index >= 15 is 0 Å². The summed E-state index contributed by atoms with van der Waals surface area (Å²) in [6.45, 7) is 3.14. The van der Waals surface area contributed by atoms with E-state index in [0.717, 1.165) is 41.2 Å². The molecule has 19 heavy (non-hydrogen) atoms. The Labute approximate surface area is 114 Å². The minimum Gasteiger partial charge on any atom is -0.399 e. The van der Waals surface area contributed by atoms with Crippen LogP contribution in [0.25, 0.3) is 11.1 Å². The van der Waals surface area contributed by atoms with Gasteiger partial charge in [-0.15, -0.1) is 0 Å². The van der Waals surface area contributed by atoms with Gasteiger partial charge in [-0.05, 0) is 41.8 Å². The Kier molecular flexibility index (Phi) is 4.29. The highest BCUT2D eigenvalue weighted by Gasteiger charge is 2.02. The van der Waals surface area contributed by atoms with Gasteiger partial charge in [0.2, 0.25) is 0 Å². The molecule has 0 aliphatic rings. The maximum absolute atomic E-state index is 6.08. The van der Waals surface area contributed by atoms with E-state index in [0.29, 0.717) is 0 Å². The van der Waals surface area contributed by atoms with Crippen molar-refractivity contribution in [3.63, 3.8) is 0 Å². The van der Waals surface area contributed by atoms with Gasteiger partial charge in [-0.25, -0.2) is 0 Å². The van der Waals surface area contributed by atoms with Gasteiger partial charge in [0, 0.05) is 12.2 Å². The first-order valence-corrected chi connectivity index (χ1v) is 6.70. The zero-order valence-corrected chi connectivity index (χ0v) is 11.3. The van der Waals surface area contributed by atoms with Crippen LogP contribution in [0.2, 0.25) is 0 Å². The molecule has 0 radical (unpaired) electrons. The van der Waals surface area contributed by atoms with Gasteiger partial charge >= 0.3 is 0 Å². The molecule has 0 amide bonds. The van der Waals surface area contributed by atoms with E-state index in [1.165, 1.54) is 6.42 Å². The topological polar surface area (TPSA) is 64.1 Å². The van der Waals surface area contributed by atoms with Crippen LogP contribution in [0.3, 0.4) is 0 Å². The lowest BCUT2D eigenvalue weighted by molar-refractivity contribution is 0.834. The third-order valence-corrected chi connectivity index (χ3v) is 3.14. The Bertz CT molecular complexity index is 532. The van der Waals surface area contributed by atoms with E-state index in [2.05, 4.69) is 18.3 Å². The SMILES string of the molecule is CCCCNc1ccc(-c2ccc(N)cc2)cc1N. The molecule has 0 unspecified atom stereocenters. The highest BCUT2D eigenvalue weighted by atomic mass is 14.9. The van der Waals surface area contributed by atoms with Gasteiger partial charge in [0.25, 0.3) is 0 Å². The van der Waals surface area contributed by atoms with Crippen LogP contribution in [0.15, 0.2) is 42.5 Å². The van der Waals surface area contributed by atoms with Crippen molar-refractivity contribution in [2.45, 2.75) is 19.8 Å². The third kappa shape index (κ3) is 3.41. The van der Waals surface area contributed by atoms with Crippen molar-refractivity contribution in [2.24, 2.45) is 0 Å². The number of nitrogens with one attached hydrogen (secondary N) is 1. The fourth-order valence-corrected chi connectivity index (χ4v) is 1.98. The number of hydrogen-bond acceptors (Lipinski definition) is 3. The van der Waals surface area contributed by atoms with Crippen LogP contribution < -0.4 is 16.8 Å². The highest BCUT2D eigenvalue weighted by Crippen LogP contribution is 2.27. The van der Waals surface area contributed by atoms with Crippen LogP contribution >= 0.6 is 0 Å². The summed E-state index contributed by atoms with van der Waals surface area (Å²) in [5.74, 6) is 0. The van der Waals surface area contributed by atoms with Gasteiger partial charge < -0.3 is 16.8 Å². The number of nitrogen functional groups attached to an aromatic ring is 2. The number of hydrogen-bond donors (Lipinski definition) is 3. The molecule has 0 saturated heterocycles. The molecule has 0 spiro atoms. The smallest absolute Gasteiger partial charge is 0.0574 e. The fraction of sp³-hybridized carbons (Fsp3) is 0.250. The van der Waals surface area contributed by atoms with Crippen molar-refractivity contribution >= 4 is 17.1 Å². The zero-order chi connectivity index (χ0) is 13.7. The molecule has 0 fully saturated rings. The van der Waals surface area contributed by atoms with Gasteiger partial charge in [0.15, 0.2) is 0 Å². The van der Waals surface area contributed by atoms with E-state index < -0.39 is 0 Å². The number of unbranched alkanes of at least 4 members (excludes halogenated alkanes) is 1. The average molecular weight is 255 g/mol. The molecule has 0 aliphatic carbocycles. The van der Waals surface area contributed by atoms with Gasteiger partial charge in [0.1, 0.15) is 0 Å². The van der Waals surface area contributed by atoms with Crippen molar-refractivity contribution in [3.8, 4) is 11.1 Å². The van der Waals surface area contributed by atoms with Crippen LogP contribution in [0.1, 0.15) is 19.8 Å². The molecular weight excluding hydrogens is 234 g/mol. The fourth-order valence-electron chi connectivity index (χ4n) is 1.98. The Morgan fingerprint density at radius 3 is 2.26 bits per heavy atom. The number of nitrogens with two attached hydrogens (primary N) is 2. The van der Waals surface area contributed by atoms with E-state index in [9.17, 15) is 0 Å². The van der Waals surface area contributed by atoms with E-state index in [1.807, 2.05) is 36.4 Å². The predicted molar refractivity (Wildman–Crippen MR) is 84.1 cm³/mol. The average Bonchev–Trinajstić information content (AvgIpc) is 2.42. The van der Waals surface area contributed by atoms with Crippen LogP contribution in [-0.4, -0.2) is 6.54 Å². The van der Waals surface area contributed by atoms with Crippen molar-refractivity contribution in [1.82, 2.24) is 0 Å². The Balaban J connectivity index is 2.16. The maximum atomic E-state index is 6.08. The summed E-state index contributed by atoms with van der Waals surface area (Å²) in [5, 5.41) is 3.36. The zero-order valence-electron chi connectivity index (χ0n) is 11.3. The predicted octanol–water partition coefficient (Wildman–Crippen LogP) is 3.73. The molecule has 5 N–H and O–H groups in total. The lowest BCUT2D eigenvalue weighted by atomic mass is 10.0. The van der Waals surface area contributed by atoms with Crippen molar-refractivity contribution in [1.29, 1.82) is 0 Å². The third-order valence-electron chi connectivity index (χ3n) is 3.14. The molecule has 2 aromatic carbocycles. The molecule has 0 saturated carbocycles. The van der Waals surface area contributed by atoms with Crippen LogP contribution in [-0.2, 0) is 0 Å². The van der Waals surface area contributed by atoms with Crippen LogP contribution in [0.5, 0.6) is 0 Å². The molecule has 0 aliphatic heterocycles. The summed E-state index contributed by atoms with van der Waals surface area (Å²) in [6.07, 6.45) is 2.33. The monoisotopic (exact) mass is 255 g/mol. The van der Waals surface area contributed by atoms with Crippen molar-refractivity contribution in [3.05, 3.63) is 42.5 Å². The van der Waals surface area contributed by atoms with Crippen molar-refractivity contribution in [2.75, 3.05) is 23.3 Å². The van der Waals surface area contributed by atoms with E-state index in [4.69, 9.17) is 11.5 Å². The summed E-state index contributed by atoms with van der Waals surface area (Å²) in [4.78, 5) is 0. The second kappa shape index (κ2) is 6.14.